The fourth-order valence-corrected chi connectivity index (χ4v) is 6.04. The second-order valence-electron chi connectivity index (χ2n) is 8.81. The predicted molar refractivity (Wildman–Crippen MR) is 130 cm³/mol. The van der Waals surface area contributed by atoms with Crippen LogP contribution in [0.15, 0.2) is 59.5 Å². The van der Waals surface area contributed by atoms with Crippen LogP contribution in [-0.4, -0.2) is 66.1 Å². The summed E-state index contributed by atoms with van der Waals surface area (Å²) < 4.78 is 34.5. The summed E-state index contributed by atoms with van der Waals surface area (Å²) in [7, 11) is -4.18. The largest absolute Gasteiger partial charge is 0.489 e. The quantitative estimate of drug-likeness (QED) is 0.347. The van der Waals surface area contributed by atoms with Crippen molar-refractivity contribution in [2.75, 3.05) is 13.1 Å². The molecule has 0 aliphatic carbocycles. The zero-order valence-corrected chi connectivity index (χ0v) is 20.4. The molecule has 2 aromatic carbocycles. The Hall–Kier alpha value is -4.07. The van der Waals surface area contributed by atoms with Gasteiger partial charge in [-0.15, -0.1) is 0 Å². The Balaban J connectivity index is 1.33. The lowest BCUT2D eigenvalue weighted by molar-refractivity contribution is -0.126. The van der Waals surface area contributed by atoms with Crippen LogP contribution in [0.4, 0.5) is 9.59 Å². The Bertz CT molecular complexity index is 1530. The summed E-state index contributed by atoms with van der Waals surface area (Å²) in [6.07, 6.45) is -1.66. The SMILES string of the molecule is Cc1cc(COc2ccc(S(=O)(=O)NC3CNCC34C(=O)NC(=O)N4C(=O)O)cc2)c2ccccc2n1. The molecule has 3 heterocycles. The van der Waals surface area contributed by atoms with Gasteiger partial charge in [0.05, 0.1) is 16.5 Å². The average molecular weight is 526 g/mol. The van der Waals surface area contributed by atoms with Gasteiger partial charge in [-0.05, 0) is 43.3 Å². The third-order valence-electron chi connectivity index (χ3n) is 6.48. The van der Waals surface area contributed by atoms with Crippen molar-refractivity contribution >= 4 is 39.0 Å². The first-order valence-corrected chi connectivity index (χ1v) is 12.8. The lowest BCUT2D eigenvalue weighted by atomic mass is 9.93. The van der Waals surface area contributed by atoms with Crippen LogP contribution < -0.4 is 20.1 Å². The van der Waals surface area contributed by atoms with Gasteiger partial charge in [0.1, 0.15) is 12.4 Å². The number of carbonyl (C=O) groups is 3. The van der Waals surface area contributed by atoms with Gasteiger partial charge in [-0.3, -0.25) is 15.1 Å². The molecule has 13 heteroatoms. The fourth-order valence-electron chi connectivity index (χ4n) is 4.76. The van der Waals surface area contributed by atoms with E-state index in [1.807, 2.05) is 42.6 Å². The number of carbonyl (C=O) groups excluding carboxylic acids is 2. The number of hydrogen-bond acceptors (Lipinski definition) is 8. The first-order chi connectivity index (χ1) is 17.6. The number of ether oxygens (including phenoxy) is 1. The van der Waals surface area contributed by atoms with E-state index in [4.69, 9.17) is 4.74 Å². The summed E-state index contributed by atoms with van der Waals surface area (Å²) in [5.41, 5.74) is 0.715. The maximum Gasteiger partial charge on any atom is 0.416 e. The molecule has 12 nitrogen and oxygen atoms in total. The van der Waals surface area contributed by atoms with Crippen LogP contribution in [-0.2, 0) is 21.4 Å². The zero-order chi connectivity index (χ0) is 26.4. The molecule has 1 aromatic heterocycles. The van der Waals surface area contributed by atoms with E-state index < -0.39 is 39.6 Å². The minimum Gasteiger partial charge on any atom is -0.489 e. The van der Waals surface area contributed by atoms with E-state index >= 15 is 0 Å². The van der Waals surface area contributed by atoms with Crippen LogP contribution in [0.3, 0.4) is 0 Å². The molecule has 2 saturated heterocycles. The van der Waals surface area contributed by atoms with E-state index in [1.165, 1.54) is 24.3 Å². The highest BCUT2D eigenvalue weighted by Gasteiger charge is 2.63. The molecule has 2 aliphatic rings. The number of aromatic nitrogens is 1. The summed E-state index contributed by atoms with van der Waals surface area (Å²) in [6, 6.07) is 13.0. The number of hydrogen-bond donors (Lipinski definition) is 4. The van der Waals surface area contributed by atoms with E-state index in [-0.39, 0.29) is 24.6 Å². The molecule has 2 atom stereocenters. The molecule has 2 aliphatic heterocycles. The highest BCUT2D eigenvalue weighted by Crippen LogP contribution is 2.30. The Kier molecular flexibility index (Phi) is 6.06. The van der Waals surface area contributed by atoms with E-state index in [2.05, 4.69) is 15.0 Å². The van der Waals surface area contributed by atoms with Crippen LogP contribution in [0.2, 0.25) is 0 Å². The van der Waals surface area contributed by atoms with E-state index in [1.54, 1.807) is 0 Å². The monoisotopic (exact) mass is 525 g/mol. The van der Waals surface area contributed by atoms with Gasteiger partial charge in [-0.1, -0.05) is 18.2 Å². The molecule has 37 heavy (non-hydrogen) atoms. The van der Waals surface area contributed by atoms with E-state index in [0.29, 0.717) is 10.6 Å². The lowest BCUT2D eigenvalue weighted by Crippen LogP contribution is -2.64. The topological polar surface area (TPSA) is 167 Å². The smallest absolute Gasteiger partial charge is 0.416 e. The molecule has 1 spiro atoms. The number of rotatable bonds is 6. The van der Waals surface area contributed by atoms with Gasteiger partial charge >= 0.3 is 12.1 Å². The lowest BCUT2D eigenvalue weighted by Gasteiger charge is -2.32. The van der Waals surface area contributed by atoms with Crippen molar-refractivity contribution in [1.29, 1.82) is 0 Å². The minimum absolute atomic E-state index is 0.0514. The van der Waals surface area contributed by atoms with Crippen molar-refractivity contribution in [2.24, 2.45) is 0 Å². The summed E-state index contributed by atoms with van der Waals surface area (Å²) in [5.74, 6) is -0.449. The van der Waals surface area contributed by atoms with E-state index in [9.17, 15) is 27.9 Å². The third kappa shape index (κ3) is 4.26. The number of aryl methyl sites for hydroxylation is 1. The van der Waals surface area contributed by atoms with Gasteiger partial charge in [0.25, 0.3) is 5.91 Å². The molecule has 2 fully saturated rings. The van der Waals surface area contributed by atoms with Crippen LogP contribution in [0.1, 0.15) is 11.3 Å². The number of pyridine rings is 1. The van der Waals surface area contributed by atoms with Crippen molar-refractivity contribution < 1.29 is 32.6 Å². The normalized spacial score (nSPS) is 21.5. The number of carboxylic acid groups (broad SMARTS) is 1. The molecular weight excluding hydrogens is 502 g/mol. The molecule has 0 radical (unpaired) electrons. The molecular formula is C24H23N5O7S. The van der Waals surface area contributed by atoms with Crippen LogP contribution >= 0.6 is 0 Å². The number of fused-ring (bicyclic) bond motifs is 1. The highest BCUT2D eigenvalue weighted by atomic mass is 32.2. The molecule has 2 unspecified atom stereocenters. The summed E-state index contributed by atoms with van der Waals surface area (Å²) in [4.78, 5) is 41.0. The first-order valence-electron chi connectivity index (χ1n) is 11.3. The third-order valence-corrected chi connectivity index (χ3v) is 7.97. The second kappa shape index (κ2) is 9.10. The minimum atomic E-state index is -4.18. The van der Waals surface area contributed by atoms with Crippen LogP contribution in [0, 0.1) is 6.92 Å². The number of imide groups is 2. The van der Waals surface area contributed by atoms with Crippen molar-refractivity contribution in [2.45, 2.75) is 30.0 Å². The molecule has 3 aromatic rings. The molecule has 4 N–H and O–H groups in total. The Labute approximate surface area is 211 Å². The van der Waals surface area contributed by atoms with Crippen molar-refractivity contribution in [3.05, 3.63) is 65.9 Å². The highest BCUT2D eigenvalue weighted by molar-refractivity contribution is 7.89. The van der Waals surface area contributed by atoms with Crippen molar-refractivity contribution in [1.82, 2.24) is 25.2 Å². The van der Waals surface area contributed by atoms with E-state index in [0.717, 1.165) is 22.2 Å². The zero-order valence-electron chi connectivity index (χ0n) is 19.6. The average Bonchev–Trinajstić information content (AvgIpc) is 3.37. The maximum atomic E-state index is 13.1. The summed E-state index contributed by atoms with van der Waals surface area (Å²) >= 11 is 0. The van der Waals surface area contributed by atoms with Crippen molar-refractivity contribution in [3.63, 3.8) is 0 Å². The maximum absolute atomic E-state index is 13.1. The number of para-hydroxylation sites is 1. The fraction of sp³-hybridized carbons (Fsp3) is 0.250. The first kappa shape index (κ1) is 24.6. The predicted octanol–water partition coefficient (Wildman–Crippen LogP) is 1.34. The number of nitrogens with zero attached hydrogens (tertiary/aromatic N) is 2. The van der Waals surface area contributed by atoms with Gasteiger partial charge in [0, 0.05) is 29.7 Å². The Morgan fingerprint density at radius 3 is 2.68 bits per heavy atom. The number of urea groups is 1. The number of sulfonamides is 1. The van der Waals surface area contributed by atoms with Crippen LogP contribution in [0.25, 0.3) is 10.9 Å². The van der Waals surface area contributed by atoms with Gasteiger partial charge in [0.15, 0.2) is 5.54 Å². The molecule has 0 saturated carbocycles. The number of amides is 4. The van der Waals surface area contributed by atoms with Gasteiger partial charge < -0.3 is 15.2 Å². The van der Waals surface area contributed by atoms with Gasteiger partial charge in [-0.25, -0.2) is 27.6 Å². The van der Waals surface area contributed by atoms with Gasteiger partial charge in [-0.2, -0.15) is 0 Å². The number of benzene rings is 2. The molecule has 5 rings (SSSR count). The van der Waals surface area contributed by atoms with Crippen molar-refractivity contribution in [3.8, 4) is 5.75 Å². The standard InChI is InChI=1S/C24H23N5O7S/c1-14-10-15(18-4-2-3-5-19(18)26-14)12-36-16-6-8-17(9-7-16)37(34,35)28-20-11-25-13-24(20)21(30)27-22(31)29(24)23(32)33/h2-10,20,25,28H,11-13H2,1H3,(H,32,33)(H,27,30,31). The molecule has 4 amide bonds. The second-order valence-corrected chi connectivity index (χ2v) is 10.5. The molecule has 192 valence electrons. The number of nitrogens with one attached hydrogen (secondary N) is 3. The van der Waals surface area contributed by atoms with Crippen LogP contribution in [0.5, 0.6) is 5.75 Å². The Morgan fingerprint density at radius 1 is 1.22 bits per heavy atom. The summed E-state index contributed by atoms with van der Waals surface area (Å²) in [6.45, 7) is 1.87. The Morgan fingerprint density at radius 2 is 1.95 bits per heavy atom. The summed E-state index contributed by atoms with van der Waals surface area (Å²) in [5, 5.41) is 15.2. The molecule has 0 bridgehead atoms. The van der Waals surface area contributed by atoms with Gasteiger partial charge in [0.2, 0.25) is 10.0 Å².